The van der Waals surface area contributed by atoms with Crippen molar-refractivity contribution >= 4 is 11.6 Å². The van der Waals surface area contributed by atoms with Crippen LogP contribution in [0.3, 0.4) is 0 Å². The molecule has 5 heteroatoms. The largest absolute Gasteiger partial charge is 0.497 e. The predicted molar refractivity (Wildman–Crippen MR) is 80.4 cm³/mol. The van der Waals surface area contributed by atoms with Crippen molar-refractivity contribution in [2.45, 2.75) is 19.4 Å². The maximum atomic E-state index is 12.4. The molecule has 0 aliphatic rings. The zero-order chi connectivity index (χ0) is 14.4. The predicted octanol–water partition coefficient (Wildman–Crippen LogP) is 2.94. The third-order valence-electron chi connectivity index (χ3n) is 3.07. The second kappa shape index (κ2) is 7.10. The normalized spacial score (nSPS) is 10.5. The first-order valence-electron chi connectivity index (χ1n) is 6.53. The highest BCUT2D eigenvalue weighted by Gasteiger charge is 2.06. The summed E-state index contributed by atoms with van der Waals surface area (Å²) < 4.78 is 6.61. The van der Waals surface area contributed by atoms with Crippen LogP contribution >= 0.6 is 11.6 Å². The quantitative estimate of drug-likeness (QED) is 0.607. The average molecular weight is 293 g/mol. The molecule has 0 atom stereocenters. The molecule has 0 radical (unpaired) electrons. The van der Waals surface area contributed by atoms with Crippen LogP contribution in [0, 0.1) is 0 Å². The van der Waals surface area contributed by atoms with Crippen molar-refractivity contribution < 1.29 is 4.74 Å². The number of unbranched alkanes of at least 4 members (excludes halogenated alkanes) is 1. The number of ether oxygens (including phenoxy) is 1. The minimum absolute atomic E-state index is 0.0766. The summed E-state index contributed by atoms with van der Waals surface area (Å²) in [7, 11) is 1.62. The van der Waals surface area contributed by atoms with Gasteiger partial charge in [0.2, 0.25) is 0 Å². The van der Waals surface area contributed by atoms with Crippen molar-refractivity contribution in [3.63, 3.8) is 0 Å². The lowest BCUT2D eigenvalue weighted by atomic mass is 10.1. The van der Waals surface area contributed by atoms with Crippen LogP contribution in [0.25, 0.3) is 11.1 Å². The van der Waals surface area contributed by atoms with Gasteiger partial charge in [-0.25, -0.2) is 4.68 Å². The molecular weight excluding hydrogens is 276 g/mol. The van der Waals surface area contributed by atoms with Crippen molar-refractivity contribution in [1.29, 1.82) is 0 Å². The summed E-state index contributed by atoms with van der Waals surface area (Å²) in [5, 5.41) is 4.11. The van der Waals surface area contributed by atoms with E-state index in [9.17, 15) is 4.79 Å². The Hall–Kier alpha value is -1.81. The average Bonchev–Trinajstić information content (AvgIpc) is 2.49. The molecule has 1 aromatic carbocycles. The molecule has 4 nitrogen and oxygen atoms in total. The Morgan fingerprint density at radius 2 is 1.95 bits per heavy atom. The van der Waals surface area contributed by atoms with Gasteiger partial charge in [-0.1, -0.05) is 12.1 Å². The number of benzene rings is 1. The SMILES string of the molecule is COc1ccc(-c2ccnn(CCCCCl)c2=O)cc1. The molecule has 0 aliphatic carbocycles. The summed E-state index contributed by atoms with van der Waals surface area (Å²) in [4.78, 5) is 12.4. The van der Waals surface area contributed by atoms with E-state index in [1.165, 1.54) is 4.68 Å². The zero-order valence-corrected chi connectivity index (χ0v) is 12.1. The van der Waals surface area contributed by atoms with E-state index in [0.717, 1.165) is 24.2 Å². The van der Waals surface area contributed by atoms with E-state index in [4.69, 9.17) is 16.3 Å². The number of aromatic nitrogens is 2. The van der Waals surface area contributed by atoms with Crippen molar-refractivity contribution in [2.75, 3.05) is 13.0 Å². The summed E-state index contributed by atoms with van der Waals surface area (Å²) in [6.07, 6.45) is 3.38. The van der Waals surface area contributed by atoms with E-state index in [-0.39, 0.29) is 5.56 Å². The lowest BCUT2D eigenvalue weighted by Gasteiger charge is -2.07. The smallest absolute Gasteiger partial charge is 0.274 e. The molecule has 0 bridgehead atoms. The molecule has 0 N–H and O–H groups in total. The first-order valence-corrected chi connectivity index (χ1v) is 7.06. The lowest BCUT2D eigenvalue weighted by Crippen LogP contribution is -2.24. The standard InChI is InChI=1S/C15H17ClN2O2/c1-20-13-6-4-12(5-7-13)14-8-10-17-18(15(14)19)11-3-2-9-16/h4-8,10H,2-3,9,11H2,1H3. The van der Waals surface area contributed by atoms with Crippen molar-refractivity contribution in [3.8, 4) is 16.9 Å². The van der Waals surface area contributed by atoms with Gasteiger partial charge in [0.25, 0.3) is 5.56 Å². The summed E-state index contributed by atoms with van der Waals surface area (Å²) >= 11 is 5.64. The molecule has 2 rings (SSSR count). The Kier molecular flexibility index (Phi) is 5.18. The van der Waals surface area contributed by atoms with Crippen LogP contribution in [-0.2, 0) is 6.54 Å². The summed E-state index contributed by atoms with van der Waals surface area (Å²) in [6.45, 7) is 0.593. The fraction of sp³-hybridized carbons (Fsp3) is 0.333. The Labute approximate surface area is 123 Å². The van der Waals surface area contributed by atoms with E-state index in [1.54, 1.807) is 19.4 Å². The first-order chi connectivity index (χ1) is 9.76. The molecular formula is C15H17ClN2O2. The van der Waals surface area contributed by atoms with Crippen LogP contribution in [0.1, 0.15) is 12.8 Å². The minimum atomic E-state index is -0.0766. The van der Waals surface area contributed by atoms with Gasteiger partial charge in [-0.3, -0.25) is 4.79 Å². The molecule has 20 heavy (non-hydrogen) atoms. The molecule has 0 saturated heterocycles. The highest BCUT2D eigenvalue weighted by Crippen LogP contribution is 2.19. The molecule has 0 aliphatic heterocycles. The van der Waals surface area contributed by atoms with Gasteiger partial charge in [0.05, 0.1) is 12.7 Å². The van der Waals surface area contributed by atoms with Gasteiger partial charge in [-0.15, -0.1) is 11.6 Å². The van der Waals surface area contributed by atoms with E-state index < -0.39 is 0 Å². The highest BCUT2D eigenvalue weighted by atomic mass is 35.5. The maximum absolute atomic E-state index is 12.4. The van der Waals surface area contributed by atoms with E-state index in [0.29, 0.717) is 18.0 Å². The molecule has 0 unspecified atom stereocenters. The third-order valence-corrected chi connectivity index (χ3v) is 3.33. The van der Waals surface area contributed by atoms with Crippen LogP contribution in [0.4, 0.5) is 0 Å². The second-order valence-electron chi connectivity index (χ2n) is 4.40. The number of alkyl halides is 1. The molecule has 0 saturated carbocycles. The van der Waals surface area contributed by atoms with E-state index >= 15 is 0 Å². The number of rotatable bonds is 6. The van der Waals surface area contributed by atoms with Crippen molar-refractivity contribution in [3.05, 3.63) is 46.9 Å². The Morgan fingerprint density at radius 1 is 1.20 bits per heavy atom. The molecule has 1 aromatic heterocycles. The van der Waals surface area contributed by atoms with Gasteiger partial charge >= 0.3 is 0 Å². The summed E-state index contributed by atoms with van der Waals surface area (Å²) in [5.74, 6) is 1.37. The van der Waals surface area contributed by atoms with Crippen LogP contribution in [0.2, 0.25) is 0 Å². The number of methoxy groups -OCH3 is 1. The van der Waals surface area contributed by atoms with Gasteiger partial charge in [-0.2, -0.15) is 5.10 Å². The second-order valence-corrected chi connectivity index (χ2v) is 4.78. The van der Waals surface area contributed by atoms with Crippen LogP contribution in [0.5, 0.6) is 5.75 Å². The molecule has 0 spiro atoms. The zero-order valence-electron chi connectivity index (χ0n) is 11.4. The molecule has 0 fully saturated rings. The van der Waals surface area contributed by atoms with Gasteiger partial charge in [-0.05, 0) is 36.6 Å². The summed E-state index contributed by atoms with van der Waals surface area (Å²) in [6, 6.07) is 9.17. The minimum Gasteiger partial charge on any atom is -0.497 e. The molecule has 106 valence electrons. The number of hydrogen-bond acceptors (Lipinski definition) is 3. The van der Waals surface area contributed by atoms with E-state index in [2.05, 4.69) is 5.10 Å². The fourth-order valence-corrected chi connectivity index (χ4v) is 2.15. The molecule has 1 heterocycles. The number of nitrogens with zero attached hydrogens (tertiary/aromatic N) is 2. The van der Waals surface area contributed by atoms with Gasteiger partial charge in [0.1, 0.15) is 5.75 Å². The summed E-state index contributed by atoms with van der Waals surface area (Å²) in [5.41, 5.74) is 1.44. The highest BCUT2D eigenvalue weighted by molar-refractivity contribution is 6.17. The monoisotopic (exact) mass is 292 g/mol. The number of hydrogen-bond donors (Lipinski definition) is 0. The first kappa shape index (κ1) is 14.6. The molecule has 0 amide bonds. The Morgan fingerprint density at radius 3 is 2.60 bits per heavy atom. The third kappa shape index (κ3) is 3.39. The lowest BCUT2D eigenvalue weighted by molar-refractivity contribution is 0.415. The maximum Gasteiger partial charge on any atom is 0.274 e. The van der Waals surface area contributed by atoms with Crippen LogP contribution in [0.15, 0.2) is 41.3 Å². The van der Waals surface area contributed by atoms with Gasteiger partial charge in [0.15, 0.2) is 0 Å². The number of aryl methyl sites for hydroxylation is 1. The van der Waals surface area contributed by atoms with Crippen LogP contribution in [-0.4, -0.2) is 22.8 Å². The molecule has 2 aromatic rings. The topological polar surface area (TPSA) is 44.1 Å². The van der Waals surface area contributed by atoms with Gasteiger partial charge in [0, 0.05) is 18.6 Å². The van der Waals surface area contributed by atoms with E-state index in [1.807, 2.05) is 24.3 Å². The van der Waals surface area contributed by atoms with Crippen molar-refractivity contribution in [2.24, 2.45) is 0 Å². The van der Waals surface area contributed by atoms with Gasteiger partial charge < -0.3 is 4.74 Å². The Bertz CT molecular complexity index is 608. The fourth-order valence-electron chi connectivity index (χ4n) is 1.96. The number of halogens is 1. The Balaban J connectivity index is 2.27. The van der Waals surface area contributed by atoms with Crippen LogP contribution < -0.4 is 10.3 Å². The van der Waals surface area contributed by atoms with Crippen molar-refractivity contribution in [1.82, 2.24) is 9.78 Å².